The third-order valence-electron chi connectivity index (χ3n) is 2.21. The SMILES string of the molecule is Cc1ccc(C(C)NC/C=C/Cl)cc1. The molecule has 1 N–H and O–H groups in total. The maximum atomic E-state index is 5.43. The first kappa shape index (κ1) is 11.3. The molecule has 1 rings (SSSR count). The zero-order chi connectivity index (χ0) is 10.4. The monoisotopic (exact) mass is 209 g/mol. The summed E-state index contributed by atoms with van der Waals surface area (Å²) in [5.74, 6) is 0. The van der Waals surface area contributed by atoms with Gasteiger partial charge >= 0.3 is 0 Å². The third kappa shape index (κ3) is 3.52. The second-order valence-corrected chi connectivity index (χ2v) is 3.65. The molecule has 2 heteroatoms. The van der Waals surface area contributed by atoms with Crippen LogP contribution in [0.4, 0.5) is 0 Å². The average molecular weight is 210 g/mol. The summed E-state index contributed by atoms with van der Waals surface area (Å²) in [5.41, 5.74) is 4.13. The van der Waals surface area contributed by atoms with E-state index >= 15 is 0 Å². The molecule has 0 aliphatic rings. The van der Waals surface area contributed by atoms with Gasteiger partial charge in [-0.15, -0.1) is 0 Å². The Bertz CT molecular complexity index is 290. The summed E-state index contributed by atoms with van der Waals surface area (Å²) >= 11 is 5.43. The van der Waals surface area contributed by atoms with Crippen LogP contribution >= 0.6 is 11.6 Å². The molecule has 1 aromatic carbocycles. The Kier molecular flexibility index (Phi) is 4.71. The molecule has 1 unspecified atom stereocenters. The Balaban J connectivity index is 2.51. The van der Waals surface area contributed by atoms with E-state index in [1.165, 1.54) is 16.7 Å². The second-order valence-electron chi connectivity index (χ2n) is 3.40. The number of aryl methyl sites for hydroxylation is 1. The lowest BCUT2D eigenvalue weighted by Gasteiger charge is -2.12. The van der Waals surface area contributed by atoms with Crippen LogP contribution in [0.25, 0.3) is 0 Å². The Morgan fingerprint density at radius 2 is 2.00 bits per heavy atom. The Labute approximate surface area is 90.8 Å². The van der Waals surface area contributed by atoms with Crippen LogP contribution in [0.15, 0.2) is 35.9 Å². The minimum atomic E-state index is 0.364. The molecular weight excluding hydrogens is 194 g/mol. The van der Waals surface area contributed by atoms with Gasteiger partial charge in [0.15, 0.2) is 0 Å². The van der Waals surface area contributed by atoms with E-state index in [1.807, 2.05) is 6.08 Å². The summed E-state index contributed by atoms with van der Waals surface area (Å²) in [5, 5.41) is 3.35. The fraction of sp³-hybridized carbons (Fsp3) is 0.333. The molecule has 0 saturated heterocycles. The first-order chi connectivity index (χ1) is 6.74. The zero-order valence-electron chi connectivity index (χ0n) is 8.63. The van der Waals surface area contributed by atoms with E-state index in [2.05, 4.69) is 43.4 Å². The van der Waals surface area contributed by atoms with Crippen molar-refractivity contribution in [2.24, 2.45) is 0 Å². The van der Waals surface area contributed by atoms with E-state index in [0.29, 0.717) is 6.04 Å². The number of hydrogen-bond acceptors (Lipinski definition) is 1. The van der Waals surface area contributed by atoms with Crippen molar-refractivity contribution >= 4 is 11.6 Å². The van der Waals surface area contributed by atoms with Crippen LogP contribution in [-0.2, 0) is 0 Å². The third-order valence-corrected chi connectivity index (χ3v) is 2.39. The topological polar surface area (TPSA) is 12.0 Å². The highest BCUT2D eigenvalue weighted by molar-refractivity contribution is 6.25. The molecule has 0 heterocycles. The Morgan fingerprint density at radius 1 is 1.36 bits per heavy atom. The first-order valence-electron chi connectivity index (χ1n) is 4.79. The maximum Gasteiger partial charge on any atom is 0.0294 e. The number of nitrogens with one attached hydrogen (secondary N) is 1. The summed E-state index contributed by atoms with van der Waals surface area (Å²) in [6.45, 7) is 5.05. The van der Waals surface area contributed by atoms with Crippen molar-refractivity contribution in [3.63, 3.8) is 0 Å². The van der Waals surface area contributed by atoms with Gasteiger partial charge in [-0.2, -0.15) is 0 Å². The van der Waals surface area contributed by atoms with Gasteiger partial charge in [-0.1, -0.05) is 47.5 Å². The molecule has 0 bridgehead atoms. The predicted molar refractivity (Wildman–Crippen MR) is 62.6 cm³/mol. The van der Waals surface area contributed by atoms with Crippen LogP contribution in [0.1, 0.15) is 24.1 Å². The van der Waals surface area contributed by atoms with Gasteiger partial charge in [-0.05, 0) is 19.4 Å². The molecular formula is C12H16ClN. The van der Waals surface area contributed by atoms with Gasteiger partial charge in [0.25, 0.3) is 0 Å². The highest BCUT2D eigenvalue weighted by Crippen LogP contribution is 2.12. The second kappa shape index (κ2) is 5.84. The lowest BCUT2D eigenvalue weighted by Crippen LogP contribution is -2.18. The first-order valence-corrected chi connectivity index (χ1v) is 5.23. The summed E-state index contributed by atoms with van der Waals surface area (Å²) in [6, 6.07) is 8.92. The molecule has 0 aromatic heterocycles. The molecule has 0 amide bonds. The maximum absolute atomic E-state index is 5.43. The van der Waals surface area contributed by atoms with Crippen LogP contribution in [-0.4, -0.2) is 6.54 Å². The number of rotatable bonds is 4. The van der Waals surface area contributed by atoms with Gasteiger partial charge < -0.3 is 5.32 Å². The molecule has 1 nitrogen and oxygen atoms in total. The van der Waals surface area contributed by atoms with Gasteiger partial charge in [0.1, 0.15) is 0 Å². The quantitative estimate of drug-likeness (QED) is 0.802. The van der Waals surface area contributed by atoms with E-state index in [0.717, 1.165) is 6.54 Å². The van der Waals surface area contributed by atoms with Crippen LogP contribution in [0.2, 0.25) is 0 Å². The standard InChI is InChI=1S/C12H16ClN/c1-10-4-6-12(7-5-10)11(2)14-9-3-8-13/h3-8,11,14H,9H2,1-2H3/b8-3+. The molecule has 14 heavy (non-hydrogen) atoms. The van der Waals surface area contributed by atoms with Crippen molar-refractivity contribution in [3.8, 4) is 0 Å². The normalized spacial score (nSPS) is 13.4. The molecule has 76 valence electrons. The van der Waals surface area contributed by atoms with Crippen molar-refractivity contribution in [3.05, 3.63) is 47.0 Å². The summed E-state index contributed by atoms with van der Waals surface area (Å²) in [6.07, 6.45) is 1.90. The molecule has 1 atom stereocenters. The zero-order valence-corrected chi connectivity index (χ0v) is 9.38. The van der Waals surface area contributed by atoms with Crippen molar-refractivity contribution < 1.29 is 0 Å². The number of halogens is 1. The van der Waals surface area contributed by atoms with Crippen LogP contribution in [0, 0.1) is 6.92 Å². The van der Waals surface area contributed by atoms with E-state index in [4.69, 9.17) is 11.6 Å². The Morgan fingerprint density at radius 3 is 2.57 bits per heavy atom. The minimum absolute atomic E-state index is 0.364. The largest absolute Gasteiger partial charge is 0.307 e. The van der Waals surface area contributed by atoms with E-state index in [9.17, 15) is 0 Å². The van der Waals surface area contributed by atoms with Crippen LogP contribution in [0.3, 0.4) is 0 Å². The van der Waals surface area contributed by atoms with Crippen LogP contribution in [0.5, 0.6) is 0 Å². The molecule has 0 radical (unpaired) electrons. The summed E-state index contributed by atoms with van der Waals surface area (Å²) in [7, 11) is 0. The highest BCUT2D eigenvalue weighted by atomic mass is 35.5. The van der Waals surface area contributed by atoms with Crippen molar-refractivity contribution in [2.75, 3.05) is 6.54 Å². The molecule has 0 aliphatic heterocycles. The van der Waals surface area contributed by atoms with E-state index < -0.39 is 0 Å². The number of benzene rings is 1. The lowest BCUT2D eigenvalue weighted by atomic mass is 10.1. The molecule has 0 fully saturated rings. The van der Waals surface area contributed by atoms with Crippen molar-refractivity contribution in [1.82, 2.24) is 5.32 Å². The minimum Gasteiger partial charge on any atom is -0.307 e. The van der Waals surface area contributed by atoms with Crippen LogP contribution < -0.4 is 5.32 Å². The fourth-order valence-corrected chi connectivity index (χ4v) is 1.35. The van der Waals surface area contributed by atoms with Gasteiger partial charge in [-0.25, -0.2) is 0 Å². The number of hydrogen-bond donors (Lipinski definition) is 1. The van der Waals surface area contributed by atoms with Crippen molar-refractivity contribution in [2.45, 2.75) is 19.9 Å². The molecule has 1 aromatic rings. The average Bonchev–Trinajstić information content (AvgIpc) is 2.19. The van der Waals surface area contributed by atoms with Gasteiger partial charge in [0, 0.05) is 18.1 Å². The molecule has 0 aliphatic carbocycles. The summed E-state index contributed by atoms with van der Waals surface area (Å²) < 4.78 is 0. The fourth-order valence-electron chi connectivity index (χ4n) is 1.26. The van der Waals surface area contributed by atoms with E-state index in [1.54, 1.807) is 0 Å². The van der Waals surface area contributed by atoms with E-state index in [-0.39, 0.29) is 0 Å². The molecule has 0 spiro atoms. The smallest absolute Gasteiger partial charge is 0.0294 e. The predicted octanol–water partition coefficient (Wildman–Crippen LogP) is 3.40. The lowest BCUT2D eigenvalue weighted by molar-refractivity contribution is 0.617. The molecule has 0 saturated carbocycles. The summed E-state index contributed by atoms with van der Waals surface area (Å²) in [4.78, 5) is 0. The van der Waals surface area contributed by atoms with Gasteiger partial charge in [0.2, 0.25) is 0 Å². The Hall–Kier alpha value is -0.790. The van der Waals surface area contributed by atoms with Gasteiger partial charge in [-0.3, -0.25) is 0 Å². The van der Waals surface area contributed by atoms with Gasteiger partial charge in [0.05, 0.1) is 0 Å². The van der Waals surface area contributed by atoms with Crippen molar-refractivity contribution in [1.29, 1.82) is 0 Å². The highest BCUT2D eigenvalue weighted by Gasteiger charge is 2.01.